The molecular formula is C6H11F3. The maximum Gasteiger partial charge on any atom is 0.276 e. The summed E-state index contributed by atoms with van der Waals surface area (Å²) in [5.41, 5.74) is 0. The molecule has 0 atom stereocenters. The van der Waals surface area contributed by atoms with Gasteiger partial charge in [0.25, 0.3) is 5.92 Å². The molecule has 0 heterocycles. The van der Waals surface area contributed by atoms with Crippen LogP contribution in [0.3, 0.4) is 0 Å². The van der Waals surface area contributed by atoms with E-state index in [1.165, 1.54) is 0 Å². The Balaban J connectivity index is 3.58. The van der Waals surface area contributed by atoms with Crippen molar-refractivity contribution in [3.8, 4) is 0 Å². The van der Waals surface area contributed by atoms with Crippen LogP contribution in [0.4, 0.5) is 13.2 Å². The van der Waals surface area contributed by atoms with Crippen LogP contribution in [-0.4, -0.2) is 12.6 Å². The van der Waals surface area contributed by atoms with E-state index in [9.17, 15) is 13.2 Å². The fourth-order valence-electron chi connectivity index (χ4n) is 0.652. The van der Waals surface area contributed by atoms with Gasteiger partial charge in [-0.3, -0.25) is 0 Å². The number of halogens is 3. The first-order valence-corrected chi connectivity index (χ1v) is 2.92. The van der Waals surface area contributed by atoms with E-state index < -0.39 is 12.6 Å². The molecule has 0 radical (unpaired) electrons. The average Bonchev–Trinajstić information content (AvgIpc) is 1.63. The van der Waals surface area contributed by atoms with Crippen LogP contribution in [0.25, 0.3) is 0 Å². The first-order chi connectivity index (χ1) is 3.98. The normalized spacial score (nSPS) is 12.7. The fourth-order valence-corrected chi connectivity index (χ4v) is 0.652. The summed E-state index contributed by atoms with van der Waals surface area (Å²) in [7, 11) is 0. The van der Waals surface area contributed by atoms with E-state index in [0.29, 0.717) is 0 Å². The Morgan fingerprint density at radius 3 is 1.89 bits per heavy atom. The minimum Gasteiger partial charge on any atom is -0.244 e. The number of hydrogen-bond acceptors (Lipinski definition) is 0. The Hall–Kier alpha value is -0.210. The summed E-state index contributed by atoms with van der Waals surface area (Å²) in [6.45, 7) is 1.75. The van der Waals surface area contributed by atoms with E-state index >= 15 is 0 Å². The molecule has 0 nitrogen and oxygen atoms in total. The van der Waals surface area contributed by atoms with Gasteiger partial charge in [-0.2, -0.15) is 0 Å². The molecule has 3 heteroatoms. The summed E-state index contributed by atoms with van der Waals surface area (Å²) < 4.78 is 35.4. The smallest absolute Gasteiger partial charge is 0.244 e. The molecule has 0 aliphatic carbocycles. The molecule has 0 rings (SSSR count). The molecule has 56 valence electrons. The lowest BCUT2D eigenvalue weighted by molar-refractivity contribution is -0.0399. The third kappa shape index (κ3) is 4.30. The number of rotatable bonds is 3. The fraction of sp³-hybridized carbons (Fsp3) is 1.00. The van der Waals surface area contributed by atoms with Crippen LogP contribution in [0, 0.1) is 5.92 Å². The monoisotopic (exact) mass is 140 g/mol. The van der Waals surface area contributed by atoms with Crippen molar-refractivity contribution < 1.29 is 13.2 Å². The molecule has 9 heavy (non-hydrogen) atoms. The topological polar surface area (TPSA) is 0 Å². The molecule has 0 aromatic carbocycles. The largest absolute Gasteiger partial charge is 0.276 e. The van der Waals surface area contributed by atoms with E-state index in [0.717, 1.165) is 0 Å². The van der Waals surface area contributed by atoms with Gasteiger partial charge < -0.3 is 0 Å². The van der Waals surface area contributed by atoms with Crippen LogP contribution >= 0.6 is 0 Å². The highest BCUT2D eigenvalue weighted by Gasteiger charge is 2.29. The molecule has 0 aromatic heterocycles. The van der Waals surface area contributed by atoms with Gasteiger partial charge in [0, 0.05) is 6.42 Å². The minimum atomic E-state index is -3.10. The van der Waals surface area contributed by atoms with Crippen LogP contribution in [-0.2, 0) is 0 Å². The van der Waals surface area contributed by atoms with Crippen LogP contribution in [0.2, 0.25) is 0 Å². The lowest BCUT2D eigenvalue weighted by Gasteiger charge is -2.13. The van der Waals surface area contributed by atoms with Gasteiger partial charge in [0.15, 0.2) is 6.67 Å². The highest BCUT2D eigenvalue weighted by Crippen LogP contribution is 2.23. The molecule has 0 saturated heterocycles. The van der Waals surface area contributed by atoms with Gasteiger partial charge in [0.1, 0.15) is 0 Å². The molecule has 0 amide bonds. The molecular weight excluding hydrogens is 129 g/mol. The third-order valence-corrected chi connectivity index (χ3v) is 0.902. The Kier molecular flexibility index (Phi) is 3.01. The number of alkyl halides is 3. The van der Waals surface area contributed by atoms with Gasteiger partial charge in [-0.15, -0.1) is 0 Å². The molecule has 0 saturated carbocycles. The quantitative estimate of drug-likeness (QED) is 0.565. The molecule has 0 aliphatic rings. The minimum absolute atomic E-state index is 0.143. The third-order valence-electron chi connectivity index (χ3n) is 0.902. The average molecular weight is 140 g/mol. The van der Waals surface area contributed by atoms with Gasteiger partial charge in [-0.05, 0) is 5.92 Å². The summed E-state index contributed by atoms with van der Waals surface area (Å²) >= 11 is 0. The van der Waals surface area contributed by atoms with E-state index in [4.69, 9.17) is 0 Å². The standard InChI is InChI=1S/C6H11F3/c1-5(2)3-6(8,9)4-7/h5H,3-4H2,1-2H3. The zero-order chi connectivity index (χ0) is 7.49. The second-order valence-corrected chi connectivity index (χ2v) is 2.59. The van der Waals surface area contributed by atoms with Crippen molar-refractivity contribution in [2.75, 3.05) is 6.67 Å². The van der Waals surface area contributed by atoms with Crippen molar-refractivity contribution in [1.82, 2.24) is 0 Å². The molecule has 0 unspecified atom stereocenters. The highest BCUT2D eigenvalue weighted by atomic mass is 19.3. The van der Waals surface area contributed by atoms with E-state index in [-0.39, 0.29) is 12.3 Å². The predicted molar refractivity (Wildman–Crippen MR) is 30.4 cm³/mol. The molecule has 0 aromatic rings. The molecule has 0 spiro atoms. The van der Waals surface area contributed by atoms with Gasteiger partial charge >= 0.3 is 0 Å². The van der Waals surface area contributed by atoms with Crippen molar-refractivity contribution in [1.29, 1.82) is 0 Å². The number of hydrogen-bond donors (Lipinski definition) is 0. The van der Waals surface area contributed by atoms with Gasteiger partial charge in [-0.1, -0.05) is 13.8 Å². The highest BCUT2D eigenvalue weighted by molar-refractivity contribution is 4.65. The summed E-state index contributed by atoms with van der Waals surface area (Å²) in [5, 5.41) is 0. The van der Waals surface area contributed by atoms with Gasteiger partial charge in [-0.25, -0.2) is 13.2 Å². The van der Waals surface area contributed by atoms with Crippen molar-refractivity contribution in [3.05, 3.63) is 0 Å². The molecule has 0 N–H and O–H groups in total. The van der Waals surface area contributed by atoms with Crippen molar-refractivity contribution in [2.45, 2.75) is 26.2 Å². The van der Waals surface area contributed by atoms with Crippen LogP contribution in [0.15, 0.2) is 0 Å². The lowest BCUT2D eigenvalue weighted by atomic mass is 10.1. The zero-order valence-electron chi connectivity index (χ0n) is 5.63. The van der Waals surface area contributed by atoms with Crippen LogP contribution < -0.4 is 0 Å². The van der Waals surface area contributed by atoms with Crippen molar-refractivity contribution in [2.24, 2.45) is 5.92 Å². The van der Waals surface area contributed by atoms with Crippen molar-refractivity contribution >= 4 is 0 Å². The molecule has 0 bridgehead atoms. The summed E-state index contributed by atoms with van der Waals surface area (Å²) in [6, 6.07) is 0. The predicted octanol–water partition coefficient (Wildman–Crippen LogP) is 2.64. The zero-order valence-corrected chi connectivity index (χ0v) is 5.63. The maximum absolute atomic E-state index is 12.0. The van der Waals surface area contributed by atoms with Crippen LogP contribution in [0.1, 0.15) is 20.3 Å². The van der Waals surface area contributed by atoms with E-state index in [2.05, 4.69) is 0 Å². The summed E-state index contributed by atoms with van der Waals surface area (Å²) in [5.74, 6) is -3.25. The Morgan fingerprint density at radius 1 is 1.33 bits per heavy atom. The Bertz CT molecular complexity index is 78.4. The first-order valence-electron chi connectivity index (χ1n) is 2.92. The van der Waals surface area contributed by atoms with Gasteiger partial charge in [0.05, 0.1) is 0 Å². The SMILES string of the molecule is CC(C)CC(F)(F)CF. The van der Waals surface area contributed by atoms with Gasteiger partial charge in [0.2, 0.25) is 0 Å². The molecule has 0 aliphatic heterocycles. The lowest BCUT2D eigenvalue weighted by Crippen LogP contribution is -2.20. The maximum atomic E-state index is 12.0. The Labute approximate surface area is 53.1 Å². The second-order valence-electron chi connectivity index (χ2n) is 2.59. The first kappa shape index (κ1) is 8.79. The second kappa shape index (κ2) is 3.08. The molecule has 0 fully saturated rings. The van der Waals surface area contributed by atoms with Crippen LogP contribution in [0.5, 0.6) is 0 Å². The van der Waals surface area contributed by atoms with Crippen molar-refractivity contribution in [3.63, 3.8) is 0 Å². The Morgan fingerprint density at radius 2 is 1.78 bits per heavy atom. The summed E-state index contributed by atoms with van der Waals surface area (Å²) in [4.78, 5) is 0. The summed E-state index contributed by atoms with van der Waals surface area (Å²) in [6.07, 6.45) is -0.358. The van der Waals surface area contributed by atoms with E-state index in [1.807, 2.05) is 0 Å². The van der Waals surface area contributed by atoms with E-state index in [1.54, 1.807) is 13.8 Å².